The summed E-state index contributed by atoms with van der Waals surface area (Å²) in [4.78, 5) is 0. The number of nitrogen functional groups attached to an aromatic ring is 1. The zero-order valence-corrected chi connectivity index (χ0v) is 11.7. The van der Waals surface area contributed by atoms with Crippen LogP contribution in [0.5, 0.6) is 0 Å². The number of methoxy groups -OCH3 is 1. The Morgan fingerprint density at radius 2 is 2.00 bits per heavy atom. The average molecular weight is 288 g/mol. The molecule has 0 saturated heterocycles. The minimum Gasteiger partial charge on any atom is -0.397 e. The molecule has 1 fully saturated rings. The molecule has 1 aromatic rings. The molecule has 0 amide bonds. The second kappa shape index (κ2) is 4.84. The Morgan fingerprint density at radius 3 is 2.45 bits per heavy atom. The number of halogens is 3. The lowest BCUT2D eigenvalue weighted by Gasteiger charge is -2.51. The van der Waals surface area contributed by atoms with E-state index >= 15 is 0 Å². The molecule has 0 radical (unpaired) electrons. The van der Waals surface area contributed by atoms with Gasteiger partial charge in [0, 0.05) is 18.6 Å². The topological polar surface area (TPSA) is 47.3 Å². The predicted molar refractivity (Wildman–Crippen MR) is 72.5 cm³/mol. The van der Waals surface area contributed by atoms with E-state index in [1.165, 1.54) is 6.07 Å². The summed E-state index contributed by atoms with van der Waals surface area (Å²) in [6, 6.07) is 3.51. The summed E-state index contributed by atoms with van der Waals surface area (Å²) in [6.07, 6.45) is -3.41. The first-order chi connectivity index (χ1) is 9.16. The maximum Gasteiger partial charge on any atom is 0.416 e. The van der Waals surface area contributed by atoms with E-state index in [4.69, 9.17) is 10.5 Å². The van der Waals surface area contributed by atoms with Crippen molar-refractivity contribution in [2.45, 2.75) is 38.6 Å². The van der Waals surface area contributed by atoms with Gasteiger partial charge in [0.1, 0.15) is 0 Å². The summed E-state index contributed by atoms with van der Waals surface area (Å²) < 4.78 is 43.0. The quantitative estimate of drug-likeness (QED) is 0.837. The van der Waals surface area contributed by atoms with E-state index in [0.717, 1.165) is 18.6 Å². The number of anilines is 2. The van der Waals surface area contributed by atoms with Gasteiger partial charge in [-0.15, -0.1) is 0 Å². The fraction of sp³-hybridized carbons (Fsp3) is 0.571. The lowest BCUT2D eigenvalue weighted by molar-refractivity contribution is -0.137. The fourth-order valence-corrected chi connectivity index (χ4v) is 2.59. The van der Waals surface area contributed by atoms with Gasteiger partial charge >= 0.3 is 6.18 Å². The van der Waals surface area contributed by atoms with E-state index in [1.54, 1.807) is 7.11 Å². The molecule has 1 aromatic carbocycles. The SMILES string of the molecule is COC1CC(Nc2ccc(C(F)(F)F)cc2N)C1(C)C. The second-order valence-electron chi connectivity index (χ2n) is 5.78. The lowest BCUT2D eigenvalue weighted by Crippen LogP contribution is -2.57. The van der Waals surface area contributed by atoms with Gasteiger partial charge in [-0.25, -0.2) is 0 Å². The van der Waals surface area contributed by atoms with E-state index in [1.807, 2.05) is 0 Å². The molecule has 1 aliphatic rings. The van der Waals surface area contributed by atoms with Gasteiger partial charge in [-0.05, 0) is 24.6 Å². The molecule has 0 bridgehead atoms. The van der Waals surface area contributed by atoms with Crippen LogP contribution in [0.3, 0.4) is 0 Å². The van der Waals surface area contributed by atoms with Crippen molar-refractivity contribution < 1.29 is 17.9 Å². The number of ether oxygens (including phenoxy) is 1. The molecule has 0 aliphatic heterocycles. The van der Waals surface area contributed by atoms with Crippen LogP contribution in [0, 0.1) is 5.41 Å². The molecular formula is C14H19F3N2O. The molecule has 0 aromatic heterocycles. The molecule has 20 heavy (non-hydrogen) atoms. The Labute approximate surface area is 116 Å². The third-order valence-electron chi connectivity index (χ3n) is 4.17. The van der Waals surface area contributed by atoms with Gasteiger partial charge in [-0.2, -0.15) is 13.2 Å². The Hall–Kier alpha value is -1.43. The highest BCUT2D eigenvalue weighted by molar-refractivity contribution is 5.68. The first-order valence-corrected chi connectivity index (χ1v) is 6.42. The number of nitrogens with two attached hydrogens (primary N) is 1. The molecule has 1 saturated carbocycles. The van der Waals surface area contributed by atoms with Crippen LogP contribution in [0.4, 0.5) is 24.5 Å². The summed E-state index contributed by atoms with van der Waals surface area (Å²) in [7, 11) is 1.66. The molecule has 3 N–H and O–H groups in total. The monoisotopic (exact) mass is 288 g/mol. The van der Waals surface area contributed by atoms with Crippen molar-refractivity contribution in [1.29, 1.82) is 0 Å². The predicted octanol–water partition coefficient (Wildman–Crippen LogP) is 3.51. The maximum absolute atomic E-state index is 12.6. The van der Waals surface area contributed by atoms with Crippen LogP contribution in [0.1, 0.15) is 25.8 Å². The standard InChI is InChI=1S/C14H19F3N2O/c1-13(2)11(7-12(13)20-3)19-10-5-4-8(6-9(10)18)14(15,16)17/h4-6,11-12,19H,7,18H2,1-3H3. The smallest absolute Gasteiger partial charge is 0.397 e. The van der Waals surface area contributed by atoms with Crippen molar-refractivity contribution in [3.63, 3.8) is 0 Å². The van der Waals surface area contributed by atoms with E-state index in [9.17, 15) is 13.2 Å². The van der Waals surface area contributed by atoms with Crippen molar-refractivity contribution >= 4 is 11.4 Å². The molecule has 6 heteroatoms. The van der Waals surface area contributed by atoms with Gasteiger partial charge in [0.2, 0.25) is 0 Å². The van der Waals surface area contributed by atoms with Gasteiger partial charge in [0.25, 0.3) is 0 Å². The highest BCUT2D eigenvalue weighted by atomic mass is 19.4. The van der Waals surface area contributed by atoms with Crippen molar-refractivity contribution in [1.82, 2.24) is 0 Å². The zero-order valence-electron chi connectivity index (χ0n) is 11.7. The third-order valence-corrected chi connectivity index (χ3v) is 4.17. The fourth-order valence-electron chi connectivity index (χ4n) is 2.59. The highest BCUT2D eigenvalue weighted by Gasteiger charge is 2.48. The van der Waals surface area contributed by atoms with Gasteiger partial charge in [0.15, 0.2) is 0 Å². The molecule has 0 spiro atoms. The largest absolute Gasteiger partial charge is 0.416 e. The first kappa shape index (κ1) is 15.0. The van der Waals surface area contributed by atoms with Crippen molar-refractivity contribution in [2.75, 3.05) is 18.2 Å². The number of hydrogen-bond acceptors (Lipinski definition) is 3. The minimum atomic E-state index is -4.37. The van der Waals surface area contributed by atoms with E-state index < -0.39 is 11.7 Å². The molecule has 2 unspecified atom stereocenters. The lowest BCUT2D eigenvalue weighted by atomic mass is 9.64. The van der Waals surface area contributed by atoms with E-state index in [2.05, 4.69) is 19.2 Å². The number of nitrogens with one attached hydrogen (secondary N) is 1. The molecule has 1 aliphatic carbocycles. The average Bonchev–Trinajstić information content (AvgIpc) is 2.34. The van der Waals surface area contributed by atoms with Gasteiger partial charge in [0.05, 0.1) is 23.0 Å². The van der Waals surface area contributed by atoms with Gasteiger partial charge < -0.3 is 15.8 Å². The van der Waals surface area contributed by atoms with E-state index in [-0.39, 0.29) is 23.2 Å². The summed E-state index contributed by atoms with van der Waals surface area (Å²) in [5, 5.41) is 3.21. The zero-order chi connectivity index (χ0) is 15.1. The van der Waals surface area contributed by atoms with Crippen LogP contribution in [-0.2, 0) is 10.9 Å². The molecule has 2 atom stereocenters. The van der Waals surface area contributed by atoms with Crippen LogP contribution in [0.25, 0.3) is 0 Å². The van der Waals surface area contributed by atoms with Crippen LogP contribution >= 0.6 is 0 Å². The van der Waals surface area contributed by atoms with E-state index in [0.29, 0.717) is 5.69 Å². The first-order valence-electron chi connectivity index (χ1n) is 6.42. The Morgan fingerprint density at radius 1 is 1.35 bits per heavy atom. The van der Waals surface area contributed by atoms with Crippen LogP contribution in [-0.4, -0.2) is 19.3 Å². The van der Waals surface area contributed by atoms with Crippen molar-refractivity contribution in [3.8, 4) is 0 Å². The molecule has 3 nitrogen and oxygen atoms in total. The second-order valence-corrected chi connectivity index (χ2v) is 5.78. The third kappa shape index (κ3) is 2.57. The Kier molecular flexibility index (Phi) is 3.62. The Bertz CT molecular complexity index is 500. The summed E-state index contributed by atoms with van der Waals surface area (Å²) in [5.74, 6) is 0. The highest BCUT2D eigenvalue weighted by Crippen LogP contribution is 2.44. The number of benzene rings is 1. The normalized spacial score (nSPS) is 25.1. The van der Waals surface area contributed by atoms with Crippen LogP contribution < -0.4 is 11.1 Å². The summed E-state index contributed by atoms with van der Waals surface area (Å²) in [5.41, 5.74) is 5.54. The van der Waals surface area contributed by atoms with Crippen molar-refractivity contribution in [3.05, 3.63) is 23.8 Å². The van der Waals surface area contributed by atoms with Gasteiger partial charge in [-0.3, -0.25) is 0 Å². The van der Waals surface area contributed by atoms with Gasteiger partial charge in [-0.1, -0.05) is 13.8 Å². The molecular weight excluding hydrogens is 269 g/mol. The molecule has 112 valence electrons. The Balaban J connectivity index is 2.12. The summed E-state index contributed by atoms with van der Waals surface area (Å²) >= 11 is 0. The van der Waals surface area contributed by atoms with Crippen LogP contribution in [0.2, 0.25) is 0 Å². The molecule has 0 heterocycles. The number of alkyl halides is 3. The molecule has 2 rings (SSSR count). The van der Waals surface area contributed by atoms with Crippen LogP contribution in [0.15, 0.2) is 18.2 Å². The summed E-state index contributed by atoms with van der Waals surface area (Å²) in [6.45, 7) is 4.12. The maximum atomic E-state index is 12.6. The van der Waals surface area contributed by atoms with Crippen molar-refractivity contribution in [2.24, 2.45) is 5.41 Å². The number of rotatable bonds is 3. The minimum absolute atomic E-state index is 0.0795. The number of hydrogen-bond donors (Lipinski definition) is 2.